The monoisotopic (exact) mass is 331 g/mol. The molecule has 128 valence electrons. The lowest BCUT2D eigenvalue weighted by Gasteiger charge is -2.26. The van der Waals surface area contributed by atoms with Crippen molar-refractivity contribution in [2.75, 3.05) is 0 Å². The van der Waals surface area contributed by atoms with Gasteiger partial charge in [-0.3, -0.25) is 4.79 Å². The summed E-state index contributed by atoms with van der Waals surface area (Å²) in [5.74, 6) is -0.587. The minimum atomic E-state index is -0.608. The van der Waals surface area contributed by atoms with Gasteiger partial charge in [0.2, 0.25) is 0 Å². The SMILES string of the molecule is CCc1ccc(-c2ccc(F)cc2)n1CCC1CC(O)CC(=O)O1. The number of rotatable bonds is 5. The Morgan fingerprint density at radius 1 is 1.25 bits per heavy atom. The van der Waals surface area contributed by atoms with E-state index in [9.17, 15) is 14.3 Å². The molecule has 5 heteroatoms. The van der Waals surface area contributed by atoms with Crippen molar-refractivity contribution in [3.63, 3.8) is 0 Å². The van der Waals surface area contributed by atoms with Crippen LogP contribution in [0.25, 0.3) is 11.3 Å². The van der Waals surface area contributed by atoms with Crippen LogP contribution >= 0.6 is 0 Å². The van der Waals surface area contributed by atoms with E-state index in [4.69, 9.17) is 4.74 Å². The molecule has 0 bridgehead atoms. The first kappa shape index (κ1) is 16.7. The topological polar surface area (TPSA) is 51.5 Å². The Bertz CT molecular complexity index is 708. The third-order valence-electron chi connectivity index (χ3n) is 4.48. The van der Waals surface area contributed by atoms with E-state index in [2.05, 4.69) is 17.6 Å². The number of cyclic esters (lactones) is 1. The number of benzene rings is 1. The number of ether oxygens (including phenoxy) is 1. The van der Waals surface area contributed by atoms with E-state index >= 15 is 0 Å². The predicted octanol–water partition coefficient (Wildman–Crippen LogP) is 3.31. The van der Waals surface area contributed by atoms with E-state index < -0.39 is 6.10 Å². The third kappa shape index (κ3) is 3.67. The summed E-state index contributed by atoms with van der Waals surface area (Å²) in [6.45, 7) is 2.78. The number of aromatic nitrogens is 1. The number of esters is 1. The van der Waals surface area contributed by atoms with Gasteiger partial charge in [-0.15, -0.1) is 0 Å². The first-order chi connectivity index (χ1) is 11.6. The highest BCUT2D eigenvalue weighted by Gasteiger charge is 2.27. The molecular formula is C19H22FNO3. The second-order valence-corrected chi connectivity index (χ2v) is 6.22. The van der Waals surface area contributed by atoms with Crippen molar-refractivity contribution in [1.29, 1.82) is 0 Å². The van der Waals surface area contributed by atoms with Crippen LogP contribution < -0.4 is 0 Å². The summed E-state index contributed by atoms with van der Waals surface area (Å²) in [6.07, 6.45) is 1.24. The fourth-order valence-corrected chi connectivity index (χ4v) is 3.27. The molecule has 1 fully saturated rings. The van der Waals surface area contributed by atoms with Gasteiger partial charge >= 0.3 is 5.97 Å². The molecule has 24 heavy (non-hydrogen) atoms. The van der Waals surface area contributed by atoms with Crippen molar-refractivity contribution in [3.8, 4) is 11.3 Å². The number of aliphatic hydroxyl groups is 1. The van der Waals surface area contributed by atoms with Gasteiger partial charge in [-0.05, 0) is 48.4 Å². The maximum atomic E-state index is 13.2. The standard InChI is InChI=1S/C19H22FNO3/c1-2-15-7-8-18(13-3-5-14(20)6-4-13)21(15)10-9-17-11-16(22)12-19(23)24-17/h3-8,16-17,22H,2,9-12H2,1H3. The molecule has 1 saturated heterocycles. The summed E-state index contributed by atoms with van der Waals surface area (Å²) in [7, 11) is 0. The van der Waals surface area contributed by atoms with E-state index in [-0.39, 0.29) is 24.3 Å². The Kier molecular flexibility index (Phi) is 5.00. The van der Waals surface area contributed by atoms with Crippen LogP contribution in [0.2, 0.25) is 0 Å². The zero-order valence-electron chi connectivity index (χ0n) is 13.7. The Morgan fingerprint density at radius 3 is 2.67 bits per heavy atom. The Morgan fingerprint density at radius 2 is 2.00 bits per heavy atom. The lowest BCUT2D eigenvalue weighted by molar-refractivity contribution is -0.160. The molecule has 1 aliphatic heterocycles. The van der Waals surface area contributed by atoms with Gasteiger partial charge in [-0.2, -0.15) is 0 Å². The lowest BCUT2D eigenvalue weighted by Crippen LogP contribution is -2.33. The highest BCUT2D eigenvalue weighted by atomic mass is 19.1. The molecule has 1 N–H and O–H groups in total. The molecule has 2 unspecified atom stereocenters. The largest absolute Gasteiger partial charge is 0.462 e. The number of aryl methyl sites for hydroxylation is 1. The summed E-state index contributed by atoms with van der Waals surface area (Å²) < 4.78 is 20.7. The van der Waals surface area contributed by atoms with Crippen LogP contribution in [0.4, 0.5) is 4.39 Å². The maximum Gasteiger partial charge on any atom is 0.308 e. The second-order valence-electron chi connectivity index (χ2n) is 6.22. The van der Waals surface area contributed by atoms with Crippen molar-refractivity contribution >= 4 is 5.97 Å². The summed E-state index contributed by atoms with van der Waals surface area (Å²) >= 11 is 0. The summed E-state index contributed by atoms with van der Waals surface area (Å²) in [4.78, 5) is 11.5. The minimum Gasteiger partial charge on any atom is -0.462 e. The van der Waals surface area contributed by atoms with Crippen LogP contribution in [0.1, 0.15) is 31.9 Å². The molecule has 0 spiro atoms. The van der Waals surface area contributed by atoms with Crippen LogP contribution in [0, 0.1) is 5.82 Å². The van der Waals surface area contributed by atoms with Crippen LogP contribution in [-0.4, -0.2) is 27.9 Å². The molecule has 1 aliphatic rings. The molecule has 2 aromatic rings. The number of halogens is 1. The summed E-state index contributed by atoms with van der Waals surface area (Å²) in [5.41, 5.74) is 3.16. The van der Waals surface area contributed by atoms with Gasteiger partial charge in [-0.25, -0.2) is 4.39 Å². The van der Waals surface area contributed by atoms with E-state index in [1.807, 2.05) is 6.07 Å². The maximum absolute atomic E-state index is 13.2. The average molecular weight is 331 g/mol. The first-order valence-corrected chi connectivity index (χ1v) is 8.38. The Balaban J connectivity index is 1.78. The Hall–Kier alpha value is -2.14. The molecule has 2 heterocycles. The highest BCUT2D eigenvalue weighted by molar-refractivity contribution is 5.71. The molecule has 3 rings (SSSR count). The van der Waals surface area contributed by atoms with Gasteiger partial charge in [0.25, 0.3) is 0 Å². The second kappa shape index (κ2) is 7.18. The molecule has 0 radical (unpaired) electrons. The van der Waals surface area contributed by atoms with Crippen molar-refractivity contribution < 1.29 is 19.0 Å². The summed E-state index contributed by atoms with van der Waals surface area (Å²) in [5, 5.41) is 9.72. The van der Waals surface area contributed by atoms with Gasteiger partial charge in [0.15, 0.2) is 0 Å². The molecule has 1 aromatic heterocycles. The zero-order chi connectivity index (χ0) is 17.1. The van der Waals surface area contributed by atoms with Crippen LogP contribution in [0.5, 0.6) is 0 Å². The third-order valence-corrected chi connectivity index (χ3v) is 4.48. The zero-order valence-corrected chi connectivity index (χ0v) is 13.7. The molecule has 0 amide bonds. The van der Waals surface area contributed by atoms with Crippen LogP contribution in [0.15, 0.2) is 36.4 Å². The molecule has 2 atom stereocenters. The van der Waals surface area contributed by atoms with E-state index in [0.29, 0.717) is 19.4 Å². The van der Waals surface area contributed by atoms with Gasteiger partial charge in [0, 0.05) is 30.8 Å². The predicted molar refractivity (Wildman–Crippen MR) is 88.9 cm³/mol. The number of carbonyl (C=O) groups is 1. The first-order valence-electron chi connectivity index (χ1n) is 8.38. The van der Waals surface area contributed by atoms with Crippen molar-refractivity contribution in [3.05, 3.63) is 47.9 Å². The number of carbonyl (C=O) groups excluding carboxylic acids is 1. The molecule has 1 aromatic carbocycles. The number of hydrogen-bond donors (Lipinski definition) is 1. The average Bonchev–Trinajstić information content (AvgIpc) is 2.95. The fourth-order valence-electron chi connectivity index (χ4n) is 3.27. The highest BCUT2D eigenvalue weighted by Crippen LogP contribution is 2.25. The van der Waals surface area contributed by atoms with Gasteiger partial charge < -0.3 is 14.4 Å². The summed E-state index contributed by atoms with van der Waals surface area (Å²) in [6, 6.07) is 10.6. The van der Waals surface area contributed by atoms with Crippen molar-refractivity contribution in [2.24, 2.45) is 0 Å². The van der Waals surface area contributed by atoms with E-state index in [1.165, 1.54) is 17.8 Å². The van der Waals surface area contributed by atoms with Crippen LogP contribution in [-0.2, 0) is 22.5 Å². The van der Waals surface area contributed by atoms with Crippen LogP contribution in [0.3, 0.4) is 0 Å². The number of hydrogen-bond acceptors (Lipinski definition) is 3. The Labute approximate surface area is 140 Å². The fraction of sp³-hybridized carbons (Fsp3) is 0.421. The molecule has 0 aliphatic carbocycles. The van der Waals surface area contributed by atoms with Crippen molar-refractivity contribution in [1.82, 2.24) is 4.57 Å². The quantitative estimate of drug-likeness (QED) is 0.855. The number of aliphatic hydroxyl groups excluding tert-OH is 1. The van der Waals surface area contributed by atoms with E-state index in [1.54, 1.807) is 12.1 Å². The molecule has 0 saturated carbocycles. The normalized spacial score (nSPS) is 20.9. The minimum absolute atomic E-state index is 0.0844. The molecular weight excluding hydrogens is 309 g/mol. The van der Waals surface area contributed by atoms with Gasteiger partial charge in [0.1, 0.15) is 11.9 Å². The number of nitrogens with zero attached hydrogens (tertiary/aromatic N) is 1. The van der Waals surface area contributed by atoms with Gasteiger partial charge in [0.05, 0.1) is 12.5 Å². The molecule has 4 nitrogen and oxygen atoms in total. The lowest BCUT2D eigenvalue weighted by atomic mass is 10.0. The van der Waals surface area contributed by atoms with Gasteiger partial charge in [-0.1, -0.05) is 6.92 Å². The van der Waals surface area contributed by atoms with Crippen molar-refractivity contribution in [2.45, 2.75) is 51.4 Å². The van der Waals surface area contributed by atoms with E-state index in [0.717, 1.165) is 17.7 Å². The smallest absolute Gasteiger partial charge is 0.308 e.